The maximum absolute atomic E-state index is 10.4. The molecule has 4 nitrogen and oxygen atoms in total. The molecule has 0 spiro atoms. The van der Waals surface area contributed by atoms with Crippen LogP contribution in [-0.4, -0.2) is 33.4 Å². The molecule has 0 radical (unpaired) electrons. The van der Waals surface area contributed by atoms with E-state index in [0.29, 0.717) is 17.8 Å². The summed E-state index contributed by atoms with van der Waals surface area (Å²) in [7, 11) is 0. The minimum Gasteiger partial charge on any atom is -0.396 e. The predicted molar refractivity (Wildman–Crippen MR) is 101 cm³/mol. The van der Waals surface area contributed by atoms with Crippen LogP contribution in [0.4, 0.5) is 0 Å². The molecule has 0 unspecified atom stereocenters. The summed E-state index contributed by atoms with van der Waals surface area (Å²) in [5, 5.41) is 20.6. The summed E-state index contributed by atoms with van der Waals surface area (Å²) >= 11 is 0. The maximum Gasteiger partial charge on any atom is 0.115 e. The van der Waals surface area contributed by atoms with Crippen LogP contribution >= 0.6 is 0 Å². The number of hydrogen-bond donors (Lipinski definition) is 2. The average Bonchev–Trinajstić information content (AvgIpc) is 2.95. The minimum atomic E-state index is -0.0227. The monoisotopic (exact) mass is 356 g/mol. The Bertz CT molecular complexity index is 705. The fourth-order valence-electron chi connectivity index (χ4n) is 6.71. The highest BCUT2D eigenvalue weighted by Crippen LogP contribution is 2.62. The second kappa shape index (κ2) is 6.42. The van der Waals surface area contributed by atoms with E-state index in [-0.39, 0.29) is 30.0 Å². The van der Waals surface area contributed by atoms with Crippen LogP contribution in [0.5, 0.6) is 0 Å². The van der Waals surface area contributed by atoms with Crippen LogP contribution in [0.25, 0.3) is 0 Å². The molecule has 2 saturated carbocycles. The van der Waals surface area contributed by atoms with Gasteiger partial charge in [0.25, 0.3) is 0 Å². The molecule has 0 amide bonds. The molecule has 1 aromatic rings. The molecule has 3 aliphatic rings. The minimum absolute atomic E-state index is 0.0227. The van der Waals surface area contributed by atoms with Crippen molar-refractivity contribution in [2.24, 2.45) is 34.5 Å². The van der Waals surface area contributed by atoms with E-state index in [0.717, 1.165) is 44.2 Å². The molecule has 1 aromatic heterocycles. The van der Waals surface area contributed by atoms with Crippen LogP contribution in [0.3, 0.4) is 0 Å². The third kappa shape index (κ3) is 2.49. The topological polar surface area (TPSA) is 66.2 Å². The first-order valence-electron chi connectivity index (χ1n) is 10.1. The fraction of sp³-hybridized carbons (Fsp3) is 0.727. The van der Waals surface area contributed by atoms with Crippen molar-refractivity contribution in [1.82, 2.24) is 9.97 Å². The van der Waals surface area contributed by atoms with Crippen molar-refractivity contribution in [1.29, 1.82) is 0 Å². The number of rotatable bonds is 3. The molecule has 0 bridgehead atoms. The van der Waals surface area contributed by atoms with Gasteiger partial charge in [-0.05, 0) is 78.6 Å². The molecular formula is C22H32N2O2. The van der Waals surface area contributed by atoms with Crippen LogP contribution in [0, 0.1) is 34.5 Å². The second-order valence-corrected chi connectivity index (χ2v) is 9.42. The quantitative estimate of drug-likeness (QED) is 0.817. The summed E-state index contributed by atoms with van der Waals surface area (Å²) in [6.45, 7) is 9.48. The Kier molecular flexibility index (Phi) is 4.47. The summed E-state index contributed by atoms with van der Waals surface area (Å²) in [4.78, 5) is 8.70. The number of aliphatic hydroxyl groups is 2. The molecule has 0 aliphatic heterocycles. The summed E-state index contributed by atoms with van der Waals surface area (Å²) in [6, 6.07) is 0. The van der Waals surface area contributed by atoms with E-state index < -0.39 is 0 Å². The normalized spacial score (nSPS) is 42.4. The molecule has 2 N–H and O–H groups in total. The Morgan fingerprint density at radius 1 is 1.19 bits per heavy atom. The predicted octanol–water partition coefficient (Wildman–Crippen LogP) is 3.18. The highest BCUT2D eigenvalue weighted by atomic mass is 16.3. The van der Waals surface area contributed by atoms with Crippen molar-refractivity contribution in [3.8, 4) is 0 Å². The maximum atomic E-state index is 10.4. The Balaban J connectivity index is 1.70. The molecule has 1 heterocycles. The van der Waals surface area contributed by atoms with Crippen molar-refractivity contribution in [3.63, 3.8) is 0 Å². The van der Waals surface area contributed by atoms with Crippen LogP contribution in [0.15, 0.2) is 24.7 Å². The van der Waals surface area contributed by atoms with Gasteiger partial charge in [0.1, 0.15) is 6.33 Å². The summed E-state index contributed by atoms with van der Waals surface area (Å²) in [5.41, 5.74) is 3.86. The Hall–Kier alpha value is -1.26. The van der Waals surface area contributed by atoms with Gasteiger partial charge >= 0.3 is 0 Å². The van der Waals surface area contributed by atoms with Gasteiger partial charge in [-0.25, -0.2) is 9.97 Å². The summed E-state index contributed by atoms with van der Waals surface area (Å²) in [6.07, 6.45) is 9.79. The van der Waals surface area contributed by atoms with Gasteiger partial charge in [0.15, 0.2) is 0 Å². The van der Waals surface area contributed by atoms with Gasteiger partial charge in [0.05, 0.1) is 0 Å². The summed E-state index contributed by atoms with van der Waals surface area (Å²) in [5.74, 6) is 1.42. The molecule has 6 atom stereocenters. The van der Waals surface area contributed by atoms with E-state index in [2.05, 4.69) is 30.4 Å². The van der Waals surface area contributed by atoms with Crippen molar-refractivity contribution < 1.29 is 10.2 Å². The van der Waals surface area contributed by atoms with Gasteiger partial charge in [-0.2, -0.15) is 0 Å². The Morgan fingerprint density at radius 2 is 2.00 bits per heavy atom. The highest BCUT2D eigenvalue weighted by Gasteiger charge is 2.56. The van der Waals surface area contributed by atoms with Crippen molar-refractivity contribution in [2.75, 3.05) is 13.2 Å². The Morgan fingerprint density at radius 3 is 2.73 bits per heavy atom. The number of aliphatic hydroxyl groups excluding tert-OH is 2. The molecule has 0 aromatic carbocycles. The number of fused-ring (bicyclic) bond motifs is 2. The second-order valence-electron chi connectivity index (χ2n) is 9.42. The zero-order valence-corrected chi connectivity index (χ0v) is 16.1. The standard InChI is InChI=1S/C22H32N2O2/c1-14-4-5-18-17(12-26)19(6-7-21(14,18)2)22(3)9-15-10-23-13-24-20(15)8-16(22)11-25/h10,13,16-19,25-26H,1,4-9,11-12H2,2-3H3/t16-,17+,18+,19+,21-,22+/m1/s1. The Labute approximate surface area is 156 Å². The smallest absolute Gasteiger partial charge is 0.115 e. The van der Waals surface area contributed by atoms with Crippen LogP contribution in [0.2, 0.25) is 0 Å². The lowest BCUT2D eigenvalue weighted by Crippen LogP contribution is -2.52. The van der Waals surface area contributed by atoms with Crippen LogP contribution < -0.4 is 0 Å². The van der Waals surface area contributed by atoms with Crippen molar-refractivity contribution >= 4 is 0 Å². The van der Waals surface area contributed by atoms with E-state index in [1.165, 1.54) is 11.1 Å². The first-order chi connectivity index (χ1) is 12.4. The van der Waals surface area contributed by atoms with Crippen molar-refractivity contribution in [3.05, 3.63) is 35.9 Å². The average molecular weight is 357 g/mol. The van der Waals surface area contributed by atoms with E-state index in [4.69, 9.17) is 0 Å². The fourth-order valence-corrected chi connectivity index (χ4v) is 6.71. The molecule has 3 aliphatic carbocycles. The van der Waals surface area contributed by atoms with E-state index in [1.807, 2.05) is 6.20 Å². The lowest BCUT2D eigenvalue weighted by Gasteiger charge is -2.55. The zero-order chi connectivity index (χ0) is 18.5. The van der Waals surface area contributed by atoms with E-state index in [9.17, 15) is 10.2 Å². The molecular weight excluding hydrogens is 324 g/mol. The number of aromatic nitrogens is 2. The van der Waals surface area contributed by atoms with Gasteiger partial charge in [0.2, 0.25) is 0 Å². The molecule has 4 rings (SSSR count). The third-order valence-corrected chi connectivity index (χ3v) is 8.49. The van der Waals surface area contributed by atoms with Gasteiger partial charge < -0.3 is 10.2 Å². The molecule has 26 heavy (non-hydrogen) atoms. The van der Waals surface area contributed by atoms with E-state index >= 15 is 0 Å². The molecule has 0 saturated heterocycles. The van der Waals surface area contributed by atoms with E-state index in [1.54, 1.807) is 6.33 Å². The number of hydrogen-bond acceptors (Lipinski definition) is 4. The highest BCUT2D eigenvalue weighted by molar-refractivity contribution is 5.26. The van der Waals surface area contributed by atoms with Crippen LogP contribution in [0.1, 0.15) is 50.8 Å². The lowest BCUT2D eigenvalue weighted by molar-refractivity contribution is -0.0739. The SMILES string of the molecule is C=C1CC[C@H]2[C@H](CO)[C@@H]([C@@]3(C)Cc4cncnc4C[C@@H]3CO)CC[C@]12C. The van der Waals surface area contributed by atoms with Crippen molar-refractivity contribution in [2.45, 2.75) is 52.4 Å². The zero-order valence-electron chi connectivity index (χ0n) is 16.1. The van der Waals surface area contributed by atoms with Gasteiger partial charge in [-0.1, -0.05) is 26.0 Å². The first-order valence-corrected chi connectivity index (χ1v) is 10.1. The largest absolute Gasteiger partial charge is 0.396 e. The third-order valence-electron chi connectivity index (χ3n) is 8.49. The van der Waals surface area contributed by atoms with Gasteiger partial charge in [-0.15, -0.1) is 0 Å². The van der Waals surface area contributed by atoms with Gasteiger partial charge in [-0.3, -0.25) is 0 Å². The number of nitrogens with zero attached hydrogens (tertiary/aromatic N) is 2. The summed E-state index contributed by atoms with van der Waals surface area (Å²) < 4.78 is 0. The first kappa shape index (κ1) is 18.1. The molecule has 142 valence electrons. The number of allylic oxidation sites excluding steroid dienone is 1. The molecule has 4 heteroatoms. The van der Waals surface area contributed by atoms with Gasteiger partial charge in [0, 0.05) is 25.1 Å². The molecule has 2 fully saturated rings. The van der Waals surface area contributed by atoms with Crippen LogP contribution in [-0.2, 0) is 12.8 Å². The lowest BCUT2D eigenvalue weighted by atomic mass is 9.49.